The molecule has 0 saturated carbocycles. The number of hydrogen-bond donors (Lipinski definition) is 1. The highest BCUT2D eigenvalue weighted by molar-refractivity contribution is 6.01. The number of likely N-dealkylation sites (N-methyl/N-ethyl adjacent to an activating group) is 1. The highest BCUT2D eigenvalue weighted by Gasteiger charge is 2.42. The number of carbonyl (C=O) groups excluding carboxylic acids is 2. The van der Waals surface area contributed by atoms with Crippen LogP contribution in [0, 0.1) is 0 Å². The van der Waals surface area contributed by atoms with Crippen LogP contribution in [0.1, 0.15) is 53.7 Å². The van der Waals surface area contributed by atoms with Gasteiger partial charge in [-0.3, -0.25) is 9.59 Å². The van der Waals surface area contributed by atoms with Crippen LogP contribution in [-0.4, -0.2) is 62.0 Å². The summed E-state index contributed by atoms with van der Waals surface area (Å²) in [5.41, 5.74) is 2.29. The molecule has 2 amide bonds. The molecule has 0 saturated heterocycles. The summed E-state index contributed by atoms with van der Waals surface area (Å²) in [5.74, 6) is 0.154. The minimum atomic E-state index is -0.472. The van der Waals surface area contributed by atoms with E-state index in [-0.39, 0.29) is 17.9 Å². The van der Waals surface area contributed by atoms with Gasteiger partial charge in [0.1, 0.15) is 5.75 Å². The molecule has 2 aromatic rings. The number of carbonyl (C=O) groups is 2. The normalized spacial score (nSPS) is 18.1. The number of benzene rings is 2. The van der Waals surface area contributed by atoms with Crippen molar-refractivity contribution in [2.45, 2.75) is 32.2 Å². The van der Waals surface area contributed by atoms with Crippen molar-refractivity contribution in [3.05, 3.63) is 65.2 Å². The molecule has 1 aliphatic heterocycles. The maximum Gasteiger partial charge on any atom is 0.254 e. The highest BCUT2D eigenvalue weighted by Crippen LogP contribution is 2.42. The smallest absolute Gasteiger partial charge is 0.254 e. The lowest BCUT2D eigenvalue weighted by atomic mass is 9.79. The van der Waals surface area contributed by atoms with E-state index in [0.717, 1.165) is 42.9 Å². The highest BCUT2D eigenvalue weighted by atomic mass is 16.5. The Morgan fingerprint density at radius 3 is 2.42 bits per heavy atom. The van der Waals surface area contributed by atoms with E-state index in [1.54, 1.807) is 25.1 Å². The third-order valence-electron chi connectivity index (χ3n) is 6.16. The van der Waals surface area contributed by atoms with Crippen LogP contribution >= 0.6 is 0 Å². The molecule has 1 heterocycles. The lowest BCUT2D eigenvalue weighted by Crippen LogP contribution is -2.46. The van der Waals surface area contributed by atoms with Crippen molar-refractivity contribution in [3.8, 4) is 5.75 Å². The summed E-state index contributed by atoms with van der Waals surface area (Å²) in [4.78, 5) is 30.5. The van der Waals surface area contributed by atoms with Gasteiger partial charge in [-0.1, -0.05) is 44.2 Å². The fourth-order valence-corrected chi connectivity index (χ4v) is 4.34. The van der Waals surface area contributed by atoms with Gasteiger partial charge in [0.05, 0.1) is 19.1 Å². The van der Waals surface area contributed by atoms with E-state index in [0.29, 0.717) is 12.1 Å². The molecule has 2 aromatic carbocycles. The first-order valence-corrected chi connectivity index (χ1v) is 11.0. The topological polar surface area (TPSA) is 61.9 Å². The zero-order chi connectivity index (χ0) is 22.4. The van der Waals surface area contributed by atoms with Crippen LogP contribution in [0.4, 0.5) is 0 Å². The second kappa shape index (κ2) is 10.4. The monoisotopic (exact) mass is 423 g/mol. The van der Waals surface area contributed by atoms with Gasteiger partial charge in [-0.15, -0.1) is 0 Å². The average Bonchev–Trinajstić information content (AvgIpc) is 2.81. The number of nitrogens with zero attached hydrogens (tertiary/aromatic N) is 2. The molecule has 0 fully saturated rings. The summed E-state index contributed by atoms with van der Waals surface area (Å²) < 4.78 is 5.27. The Morgan fingerprint density at radius 2 is 1.77 bits per heavy atom. The van der Waals surface area contributed by atoms with E-state index in [1.807, 2.05) is 42.5 Å². The Bertz CT molecular complexity index is 893. The molecule has 2 atom stereocenters. The molecule has 3 rings (SSSR count). The van der Waals surface area contributed by atoms with E-state index in [9.17, 15) is 9.59 Å². The van der Waals surface area contributed by atoms with Gasteiger partial charge >= 0.3 is 0 Å². The van der Waals surface area contributed by atoms with Crippen molar-refractivity contribution >= 4 is 11.8 Å². The van der Waals surface area contributed by atoms with Gasteiger partial charge < -0.3 is 19.9 Å². The zero-order valence-electron chi connectivity index (χ0n) is 18.9. The van der Waals surface area contributed by atoms with E-state index < -0.39 is 5.92 Å². The average molecular weight is 424 g/mol. The Labute approximate surface area is 185 Å². The molecule has 0 aliphatic carbocycles. The third kappa shape index (κ3) is 4.90. The number of fused-ring (bicyclic) bond motifs is 1. The van der Waals surface area contributed by atoms with E-state index in [1.165, 1.54) is 0 Å². The second-order valence-electron chi connectivity index (χ2n) is 7.87. The minimum absolute atomic E-state index is 0.0489. The fraction of sp³-hybridized carbons (Fsp3) is 0.440. The Morgan fingerprint density at radius 1 is 1.10 bits per heavy atom. The molecule has 0 aromatic heterocycles. The van der Waals surface area contributed by atoms with E-state index in [2.05, 4.69) is 24.1 Å². The number of amides is 2. The van der Waals surface area contributed by atoms with Gasteiger partial charge in [0.25, 0.3) is 5.91 Å². The standard InChI is InChI=1S/C25H33N3O3/c1-5-28(6-2)17-9-16-26-24(29)22-20-10-7-8-11-21(20)25(30)27(3)23(22)18-12-14-19(31-4)15-13-18/h7-8,10-15,22-23H,5-6,9,16-17H2,1-4H3,(H,26,29)/t22-,23+/m1/s1. The molecule has 0 bridgehead atoms. The van der Waals surface area contributed by atoms with Crippen LogP contribution in [-0.2, 0) is 4.79 Å². The number of methoxy groups -OCH3 is 1. The van der Waals surface area contributed by atoms with Crippen LogP contribution in [0.5, 0.6) is 5.75 Å². The maximum absolute atomic E-state index is 13.4. The van der Waals surface area contributed by atoms with Crippen LogP contribution in [0.3, 0.4) is 0 Å². The molecular weight excluding hydrogens is 390 g/mol. The van der Waals surface area contributed by atoms with Gasteiger partial charge in [-0.2, -0.15) is 0 Å². The molecule has 166 valence electrons. The zero-order valence-corrected chi connectivity index (χ0v) is 18.9. The number of nitrogens with one attached hydrogen (secondary N) is 1. The first-order chi connectivity index (χ1) is 15.0. The van der Waals surface area contributed by atoms with Gasteiger partial charge in [-0.25, -0.2) is 0 Å². The first-order valence-electron chi connectivity index (χ1n) is 11.0. The Hall–Kier alpha value is -2.86. The molecular formula is C25H33N3O3. The van der Waals surface area contributed by atoms with Crippen LogP contribution in [0.15, 0.2) is 48.5 Å². The first kappa shape index (κ1) is 22.8. The van der Waals surface area contributed by atoms with Gasteiger partial charge in [0.2, 0.25) is 5.91 Å². The third-order valence-corrected chi connectivity index (χ3v) is 6.16. The van der Waals surface area contributed by atoms with Crippen molar-refractivity contribution < 1.29 is 14.3 Å². The number of rotatable bonds is 9. The van der Waals surface area contributed by atoms with Crippen molar-refractivity contribution in [1.82, 2.24) is 15.1 Å². The number of ether oxygens (including phenoxy) is 1. The van der Waals surface area contributed by atoms with Gasteiger partial charge in [0.15, 0.2) is 0 Å². The molecule has 1 N–H and O–H groups in total. The summed E-state index contributed by atoms with van der Waals surface area (Å²) in [5, 5.41) is 3.13. The molecule has 6 heteroatoms. The van der Waals surface area contributed by atoms with Crippen molar-refractivity contribution in [2.24, 2.45) is 0 Å². The van der Waals surface area contributed by atoms with Gasteiger partial charge in [-0.05, 0) is 55.4 Å². The van der Waals surface area contributed by atoms with Crippen LogP contribution in [0.2, 0.25) is 0 Å². The maximum atomic E-state index is 13.4. The van der Waals surface area contributed by atoms with Crippen molar-refractivity contribution in [3.63, 3.8) is 0 Å². The van der Waals surface area contributed by atoms with Crippen molar-refractivity contribution in [1.29, 1.82) is 0 Å². The van der Waals surface area contributed by atoms with E-state index >= 15 is 0 Å². The van der Waals surface area contributed by atoms with Crippen LogP contribution < -0.4 is 10.1 Å². The molecule has 0 radical (unpaired) electrons. The van der Waals surface area contributed by atoms with Gasteiger partial charge in [0, 0.05) is 19.2 Å². The molecule has 0 spiro atoms. The fourth-order valence-electron chi connectivity index (χ4n) is 4.34. The van der Waals surface area contributed by atoms with Crippen LogP contribution in [0.25, 0.3) is 0 Å². The predicted octanol–water partition coefficient (Wildman–Crippen LogP) is 3.45. The number of hydrogen-bond acceptors (Lipinski definition) is 4. The summed E-state index contributed by atoms with van der Waals surface area (Å²) in [6.45, 7) is 7.87. The van der Waals surface area contributed by atoms with Crippen molar-refractivity contribution in [2.75, 3.05) is 40.3 Å². The largest absolute Gasteiger partial charge is 0.497 e. The quantitative estimate of drug-likeness (QED) is 0.628. The SMILES string of the molecule is CCN(CC)CCCNC(=O)[C@@H]1c2ccccc2C(=O)N(C)[C@H]1c1ccc(OC)cc1. The lowest BCUT2D eigenvalue weighted by molar-refractivity contribution is -0.124. The summed E-state index contributed by atoms with van der Waals surface area (Å²) in [6, 6.07) is 14.7. The Balaban J connectivity index is 1.87. The summed E-state index contributed by atoms with van der Waals surface area (Å²) in [7, 11) is 3.39. The van der Waals surface area contributed by atoms with E-state index in [4.69, 9.17) is 4.74 Å². The lowest BCUT2D eigenvalue weighted by Gasteiger charge is -2.39. The Kier molecular flexibility index (Phi) is 7.69. The summed E-state index contributed by atoms with van der Waals surface area (Å²) >= 11 is 0. The minimum Gasteiger partial charge on any atom is -0.497 e. The molecule has 0 unspecified atom stereocenters. The summed E-state index contributed by atoms with van der Waals surface area (Å²) in [6.07, 6.45) is 0.893. The molecule has 31 heavy (non-hydrogen) atoms. The predicted molar refractivity (Wildman–Crippen MR) is 122 cm³/mol. The second-order valence-corrected chi connectivity index (χ2v) is 7.87. The molecule has 6 nitrogen and oxygen atoms in total. The molecule has 1 aliphatic rings.